The van der Waals surface area contributed by atoms with E-state index in [2.05, 4.69) is 5.73 Å². The van der Waals surface area contributed by atoms with Crippen LogP contribution in [0, 0.1) is 6.92 Å². The molecule has 2 radical (unpaired) electrons. The van der Waals surface area contributed by atoms with Gasteiger partial charge in [-0.2, -0.15) is 8.42 Å². The minimum absolute atomic E-state index is 0.121. The summed E-state index contributed by atoms with van der Waals surface area (Å²) >= 11 is 0. The van der Waals surface area contributed by atoms with Crippen molar-refractivity contribution < 1.29 is 34.9 Å². The third kappa shape index (κ3) is 7.34. The van der Waals surface area contributed by atoms with Gasteiger partial charge in [-0.25, -0.2) is 22.1 Å². The van der Waals surface area contributed by atoms with Crippen LogP contribution in [0.25, 0.3) is 0 Å². The Kier molecular flexibility index (Phi) is 11.1. The molecular weight excluding hydrogens is 524 g/mol. The number of allylic oxidation sites excluding steroid dienone is 5. The molecule has 0 aliphatic carbocycles. The Morgan fingerprint density at radius 3 is 2.29 bits per heavy atom. The van der Waals surface area contributed by atoms with Crippen molar-refractivity contribution in [1.82, 2.24) is 0 Å². The summed E-state index contributed by atoms with van der Waals surface area (Å²) in [5.41, 5.74) is 3.24. The lowest BCUT2D eigenvalue weighted by Crippen LogP contribution is -2.54. The van der Waals surface area contributed by atoms with Gasteiger partial charge in [0, 0.05) is 20.3 Å². The van der Waals surface area contributed by atoms with Crippen molar-refractivity contribution in [3.8, 4) is 0 Å². The molecule has 1 fully saturated rings. The molecule has 2 atom stereocenters. The standard InChI is InChI=1S/C23H25BF5N2O2S.C2H6.CH5N/c1-5-8-16(10-7-12-21(3,25)26)34(32,33)31-17-11-6-9-15(2)19(17)20(31)30-14-23(24,29)13-18(30)22(4,27)28;2*1-2/h5-12,18H,13-14H2,1-4H3;1-2H3;2H2,1H3/q+1;;/b8-5-,12-7+,16-10+;;. The number of benzene rings is 1. The van der Waals surface area contributed by atoms with Crippen LogP contribution < -0.4 is 10.0 Å². The monoisotopic (exact) mass is 560 g/mol. The molecule has 0 aromatic heterocycles. The molecule has 1 saturated heterocycles. The second-order valence-corrected chi connectivity index (χ2v) is 10.6. The normalized spacial score (nSPS) is 24.0. The third-order valence-electron chi connectivity index (χ3n) is 5.60. The predicted octanol–water partition coefficient (Wildman–Crippen LogP) is 5.44. The van der Waals surface area contributed by atoms with Crippen molar-refractivity contribution >= 4 is 29.4 Å². The number of hydrogen-bond donors (Lipinski definition) is 1. The molecule has 0 saturated carbocycles. The molecule has 38 heavy (non-hydrogen) atoms. The second-order valence-electron chi connectivity index (χ2n) is 8.79. The van der Waals surface area contributed by atoms with Gasteiger partial charge in [0.15, 0.2) is 11.7 Å². The van der Waals surface area contributed by atoms with Crippen molar-refractivity contribution in [3.05, 3.63) is 64.6 Å². The number of aryl methyl sites for hydroxylation is 1. The molecule has 12 heteroatoms. The van der Waals surface area contributed by atoms with Crippen LogP contribution in [0.1, 0.15) is 52.2 Å². The highest BCUT2D eigenvalue weighted by atomic mass is 32.2. The first-order valence-electron chi connectivity index (χ1n) is 12.1. The SMILES string of the molecule is CC.CN.[B]C1(F)CC(C(C)(F)F)[N+](=C2c3c(C)cccc3N2S(=O)(=O)C(/C=C\C)=C/C=C/C(C)(F)F)C1. The zero-order chi connectivity index (χ0) is 29.7. The van der Waals surface area contributed by atoms with Crippen LogP contribution in [0.2, 0.25) is 0 Å². The van der Waals surface area contributed by atoms with Gasteiger partial charge in [0.1, 0.15) is 30.4 Å². The summed E-state index contributed by atoms with van der Waals surface area (Å²) in [6.45, 7) is 7.86. The number of fused-ring (bicyclic) bond motifs is 1. The van der Waals surface area contributed by atoms with Crippen LogP contribution in [0.4, 0.5) is 27.6 Å². The number of nitrogens with zero attached hydrogens (tertiary/aromatic N) is 2. The van der Waals surface area contributed by atoms with Gasteiger partial charge in [0.05, 0.1) is 0 Å². The number of nitrogens with two attached hydrogens (primary N) is 1. The lowest BCUT2D eigenvalue weighted by Gasteiger charge is -2.33. The average Bonchev–Trinajstić information content (AvgIpc) is 3.11. The minimum atomic E-state index is -4.44. The lowest BCUT2D eigenvalue weighted by molar-refractivity contribution is -0.570. The van der Waals surface area contributed by atoms with Crippen molar-refractivity contribution in [2.24, 2.45) is 5.73 Å². The molecule has 210 valence electrons. The Labute approximate surface area is 224 Å². The molecule has 0 spiro atoms. The molecule has 5 nitrogen and oxygen atoms in total. The molecule has 3 rings (SSSR count). The predicted molar refractivity (Wildman–Crippen MR) is 145 cm³/mol. The maximum Gasteiger partial charge on any atom is 0.335 e. The van der Waals surface area contributed by atoms with Gasteiger partial charge in [0.2, 0.25) is 0 Å². The van der Waals surface area contributed by atoms with Gasteiger partial charge in [-0.15, -0.1) is 4.31 Å². The Bertz CT molecular complexity index is 1210. The van der Waals surface area contributed by atoms with E-state index in [1.807, 2.05) is 13.8 Å². The Balaban J connectivity index is 0.00000172. The smallest absolute Gasteiger partial charge is 0.333 e. The zero-order valence-corrected chi connectivity index (χ0v) is 23.6. The van der Waals surface area contributed by atoms with Gasteiger partial charge in [0.25, 0.3) is 11.8 Å². The van der Waals surface area contributed by atoms with E-state index in [-0.39, 0.29) is 16.4 Å². The first-order chi connectivity index (χ1) is 17.5. The largest absolute Gasteiger partial charge is 0.335 e. The molecule has 0 bridgehead atoms. The summed E-state index contributed by atoms with van der Waals surface area (Å²) in [6, 6.07) is 3.09. The fourth-order valence-electron chi connectivity index (χ4n) is 4.15. The van der Waals surface area contributed by atoms with Crippen molar-refractivity contribution in [2.45, 2.75) is 71.4 Å². The van der Waals surface area contributed by atoms with E-state index in [4.69, 9.17) is 7.85 Å². The molecule has 2 heterocycles. The maximum absolute atomic E-state index is 14.7. The number of rotatable bonds is 6. The number of halogens is 5. The van der Waals surface area contributed by atoms with Gasteiger partial charge >= 0.3 is 15.9 Å². The molecule has 2 unspecified atom stereocenters. The molecule has 2 N–H and O–H groups in total. The Morgan fingerprint density at radius 1 is 1.21 bits per heavy atom. The van der Waals surface area contributed by atoms with Gasteiger partial charge in [-0.05, 0) is 50.8 Å². The number of sulfonamides is 1. The van der Waals surface area contributed by atoms with Gasteiger partial charge in [-0.3, -0.25) is 4.39 Å². The fourth-order valence-corrected chi connectivity index (χ4v) is 5.76. The molecule has 2 aliphatic rings. The highest BCUT2D eigenvalue weighted by Crippen LogP contribution is 2.43. The molecule has 1 aromatic carbocycles. The topological polar surface area (TPSA) is 66.4 Å². The average molecular weight is 560 g/mol. The van der Waals surface area contributed by atoms with Crippen LogP contribution in [0.3, 0.4) is 0 Å². The molecular formula is C26H36BF5N3O2S+. The Hall–Kier alpha value is -2.47. The van der Waals surface area contributed by atoms with E-state index in [0.29, 0.717) is 31.1 Å². The summed E-state index contributed by atoms with van der Waals surface area (Å²) in [5, 5.41) is 0. The van der Waals surface area contributed by atoms with E-state index in [1.54, 1.807) is 26.0 Å². The number of alkyl halides is 5. The second kappa shape index (κ2) is 12.6. The maximum atomic E-state index is 14.7. The highest BCUT2D eigenvalue weighted by Gasteiger charge is 2.58. The highest BCUT2D eigenvalue weighted by molar-refractivity contribution is 7.97. The summed E-state index contributed by atoms with van der Waals surface area (Å²) in [5.74, 6) is -6.67. The van der Waals surface area contributed by atoms with Gasteiger partial charge < -0.3 is 5.73 Å². The van der Waals surface area contributed by atoms with Crippen molar-refractivity contribution in [1.29, 1.82) is 0 Å². The zero-order valence-electron chi connectivity index (χ0n) is 22.8. The molecule has 0 amide bonds. The first-order valence-corrected chi connectivity index (χ1v) is 13.6. The van der Waals surface area contributed by atoms with Crippen LogP contribution in [-0.2, 0) is 10.0 Å². The molecule has 1 aromatic rings. The first kappa shape index (κ1) is 33.6. The number of hydrogen-bond acceptors (Lipinski definition) is 3. The summed E-state index contributed by atoms with van der Waals surface area (Å²) in [4.78, 5) is -0.349. The lowest BCUT2D eigenvalue weighted by atomic mass is 9.81. The van der Waals surface area contributed by atoms with Crippen molar-refractivity contribution in [3.63, 3.8) is 0 Å². The summed E-state index contributed by atoms with van der Waals surface area (Å²) < 4.78 is 99.2. The molecule has 2 aliphatic heterocycles. The van der Waals surface area contributed by atoms with Crippen LogP contribution in [-0.4, -0.2) is 63.7 Å². The Morgan fingerprint density at radius 2 is 1.79 bits per heavy atom. The van der Waals surface area contributed by atoms with E-state index in [9.17, 15) is 30.4 Å². The van der Waals surface area contributed by atoms with Crippen molar-refractivity contribution in [2.75, 3.05) is 17.9 Å². The fraction of sp³-hybridized carbons (Fsp3) is 0.500. The summed E-state index contributed by atoms with van der Waals surface area (Å²) in [7, 11) is 2.63. The minimum Gasteiger partial charge on any atom is -0.333 e. The van der Waals surface area contributed by atoms with E-state index < -0.39 is 46.4 Å². The number of amidine groups is 1. The number of anilines is 1. The van der Waals surface area contributed by atoms with Gasteiger partial charge in [-0.1, -0.05) is 38.1 Å². The summed E-state index contributed by atoms with van der Waals surface area (Å²) in [6.07, 6.45) is 4.36. The van der Waals surface area contributed by atoms with Crippen LogP contribution in [0.5, 0.6) is 0 Å². The van der Waals surface area contributed by atoms with E-state index in [1.165, 1.54) is 25.3 Å². The van der Waals surface area contributed by atoms with Crippen LogP contribution >= 0.6 is 0 Å². The third-order valence-corrected chi connectivity index (χ3v) is 7.32. The van der Waals surface area contributed by atoms with E-state index >= 15 is 0 Å². The van der Waals surface area contributed by atoms with E-state index in [0.717, 1.165) is 21.0 Å². The van der Waals surface area contributed by atoms with Crippen LogP contribution in [0.15, 0.2) is 53.5 Å². The quantitative estimate of drug-likeness (QED) is 0.218.